The first-order valence-corrected chi connectivity index (χ1v) is 6.10. The summed E-state index contributed by atoms with van der Waals surface area (Å²) in [7, 11) is 1.75. The van der Waals surface area contributed by atoms with Crippen LogP contribution in [-0.2, 0) is 11.3 Å². The fraction of sp³-hybridized carbons (Fsp3) is 0.538. The predicted molar refractivity (Wildman–Crippen MR) is 70.4 cm³/mol. The van der Waals surface area contributed by atoms with Crippen LogP contribution in [0.1, 0.15) is 26.3 Å². The summed E-state index contributed by atoms with van der Waals surface area (Å²) in [6.07, 6.45) is 1.74. The van der Waals surface area contributed by atoms with Gasteiger partial charge in [-0.15, -0.1) is 0 Å². The van der Waals surface area contributed by atoms with Crippen LogP contribution in [0.5, 0.6) is 5.88 Å². The first-order valence-electron chi connectivity index (χ1n) is 6.10. The molecule has 0 fully saturated rings. The third-order valence-corrected chi connectivity index (χ3v) is 2.48. The lowest BCUT2D eigenvalue weighted by Gasteiger charge is -2.14. The van der Waals surface area contributed by atoms with Crippen molar-refractivity contribution in [3.8, 4) is 5.88 Å². The SMILES string of the molecule is CNC(C)C(=O)NCc1cccnc1OC(C)C. The Morgan fingerprint density at radius 3 is 2.78 bits per heavy atom. The number of nitrogens with zero attached hydrogens (tertiary/aromatic N) is 1. The number of aromatic nitrogens is 1. The molecule has 5 nitrogen and oxygen atoms in total. The molecule has 0 aliphatic rings. The number of likely N-dealkylation sites (N-methyl/N-ethyl adjacent to an activating group) is 1. The molecule has 2 N–H and O–H groups in total. The highest BCUT2D eigenvalue weighted by Crippen LogP contribution is 2.15. The first-order chi connectivity index (χ1) is 8.54. The van der Waals surface area contributed by atoms with E-state index in [9.17, 15) is 4.79 Å². The summed E-state index contributed by atoms with van der Waals surface area (Å²) in [5.41, 5.74) is 0.878. The quantitative estimate of drug-likeness (QED) is 0.794. The monoisotopic (exact) mass is 251 g/mol. The summed E-state index contributed by atoms with van der Waals surface area (Å²) in [6, 6.07) is 3.52. The van der Waals surface area contributed by atoms with Crippen molar-refractivity contribution >= 4 is 5.91 Å². The van der Waals surface area contributed by atoms with Gasteiger partial charge in [-0.25, -0.2) is 4.98 Å². The average molecular weight is 251 g/mol. The molecule has 100 valence electrons. The van der Waals surface area contributed by atoms with E-state index in [1.165, 1.54) is 0 Å². The molecule has 0 aromatic carbocycles. The van der Waals surface area contributed by atoms with Crippen LogP contribution in [0, 0.1) is 0 Å². The lowest BCUT2D eigenvalue weighted by molar-refractivity contribution is -0.122. The van der Waals surface area contributed by atoms with E-state index in [1.54, 1.807) is 13.2 Å². The molecule has 0 radical (unpaired) electrons. The Labute approximate surface area is 108 Å². The van der Waals surface area contributed by atoms with Gasteiger partial charge in [-0.05, 0) is 33.9 Å². The predicted octanol–water partition coefficient (Wildman–Crippen LogP) is 1.09. The van der Waals surface area contributed by atoms with Gasteiger partial charge in [0, 0.05) is 18.3 Å². The number of hydrogen-bond acceptors (Lipinski definition) is 4. The lowest BCUT2D eigenvalue weighted by Crippen LogP contribution is -2.40. The fourth-order valence-electron chi connectivity index (χ4n) is 1.35. The molecule has 0 bridgehead atoms. The van der Waals surface area contributed by atoms with Crippen LogP contribution in [-0.4, -0.2) is 30.1 Å². The normalized spacial score (nSPS) is 12.3. The third-order valence-electron chi connectivity index (χ3n) is 2.48. The van der Waals surface area contributed by atoms with Gasteiger partial charge in [0.05, 0.1) is 12.1 Å². The van der Waals surface area contributed by atoms with Gasteiger partial charge in [-0.1, -0.05) is 6.07 Å². The van der Waals surface area contributed by atoms with Gasteiger partial charge in [-0.3, -0.25) is 4.79 Å². The number of pyridine rings is 1. The fourth-order valence-corrected chi connectivity index (χ4v) is 1.35. The van der Waals surface area contributed by atoms with Gasteiger partial charge in [0.15, 0.2) is 0 Å². The van der Waals surface area contributed by atoms with E-state index < -0.39 is 0 Å². The number of carbonyl (C=O) groups is 1. The van der Waals surface area contributed by atoms with E-state index in [1.807, 2.05) is 32.9 Å². The molecule has 1 atom stereocenters. The van der Waals surface area contributed by atoms with E-state index in [2.05, 4.69) is 15.6 Å². The zero-order chi connectivity index (χ0) is 13.5. The molecule has 1 aromatic rings. The Hall–Kier alpha value is -1.62. The van der Waals surface area contributed by atoms with Crippen molar-refractivity contribution in [3.63, 3.8) is 0 Å². The molecule has 5 heteroatoms. The Morgan fingerprint density at radius 2 is 2.17 bits per heavy atom. The highest BCUT2D eigenvalue weighted by molar-refractivity contribution is 5.81. The molecule has 0 saturated carbocycles. The smallest absolute Gasteiger partial charge is 0.237 e. The molecule has 1 aromatic heterocycles. The summed E-state index contributed by atoms with van der Waals surface area (Å²) in [5.74, 6) is 0.529. The first kappa shape index (κ1) is 14.4. The van der Waals surface area contributed by atoms with E-state index in [0.717, 1.165) is 5.56 Å². The van der Waals surface area contributed by atoms with Crippen LogP contribution in [0.3, 0.4) is 0 Å². The van der Waals surface area contributed by atoms with Crippen LogP contribution in [0.4, 0.5) is 0 Å². The maximum atomic E-state index is 11.6. The molecule has 0 aliphatic heterocycles. The molecular formula is C13H21N3O2. The second-order valence-corrected chi connectivity index (χ2v) is 4.36. The van der Waals surface area contributed by atoms with E-state index in [-0.39, 0.29) is 18.1 Å². The summed E-state index contributed by atoms with van der Waals surface area (Å²) >= 11 is 0. The molecule has 1 rings (SSSR count). The Morgan fingerprint density at radius 1 is 1.44 bits per heavy atom. The van der Waals surface area contributed by atoms with Crippen LogP contribution >= 0.6 is 0 Å². The van der Waals surface area contributed by atoms with Crippen molar-refractivity contribution in [1.82, 2.24) is 15.6 Å². The molecule has 1 heterocycles. The number of rotatable bonds is 6. The van der Waals surface area contributed by atoms with Gasteiger partial charge in [0.2, 0.25) is 11.8 Å². The van der Waals surface area contributed by atoms with Crippen LogP contribution in [0.25, 0.3) is 0 Å². The zero-order valence-corrected chi connectivity index (χ0v) is 11.4. The van der Waals surface area contributed by atoms with E-state index in [0.29, 0.717) is 12.4 Å². The number of ether oxygens (including phenoxy) is 1. The standard InChI is InChI=1S/C13H21N3O2/c1-9(2)18-13-11(6-5-7-15-13)8-16-12(17)10(3)14-4/h5-7,9-10,14H,8H2,1-4H3,(H,16,17). The van der Waals surface area contributed by atoms with Crippen LogP contribution in [0.2, 0.25) is 0 Å². The molecule has 0 spiro atoms. The van der Waals surface area contributed by atoms with Crippen molar-refractivity contribution in [2.45, 2.75) is 39.5 Å². The maximum Gasteiger partial charge on any atom is 0.237 e. The minimum Gasteiger partial charge on any atom is -0.475 e. The zero-order valence-electron chi connectivity index (χ0n) is 11.4. The molecular weight excluding hydrogens is 230 g/mol. The maximum absolute atomic E-state index is 11.6. The van der Waals surface area contributed by atoms with E-state index in [4.69, 9.17) is 4.74 Å². The topological polar surface area (TPSA) is 63.2 Å². The van der Waals surface area contributed by atoms with Gasteiger partial charge >= 0.3 is 0 Å². The summed E-state index contributed by atoms with van der Waals surface area (Å²) in [6.45, 7) is 6.12. The molecule has 1 unspecified atom stereocenters. The van der Waals surface area contributed by atoms with Gasteiger partial charge in [-0.2, -0.15) is 0 Å². The van der Waals surface area contributed by atoms with Gasteiger partial charge in [0.1, 0.15) is 0 Å². The number of nitrogens with one attached hydrogen (secondary N) is 2. The summed E-state index contributed by atoms with van der Waals surface area (Å²) in [4.78, 5) is 15.8. The largest absolute Gasteiger partial charge is 0.475 e. The van der Waals surface area contributed by atoms with Crippen LogP contribution in [0.15, 0.2) is 18.3 Å². The number of amides is 1. The van der Waals surface area contributed by atoms with Crippen molar-refractivity contribution in [2.24, 2.45) is 0 Å². The third kappa shape index (κ3) is 4.33. The molecule has 18 heavy (non-hydrogen) atoms. The minimum atomic E-state index is -0.212. The van der Waals surface area contributed by atoms with Crippen LogP contribution < -0.4 is 15.4 Å². The summed E-state index contributed by atoms with van der Waals surface area (Å²) in [5, 5.41) is 5.73. The Bertz CT molecular complexity index is 394. The van der Waals surface area contributed by atoms with Crippen molar-refractivity contribution in [3.05, 3.63) is 23.9 Å². The Balaban J connectivity index is 2.64. The Kier molecular flexibility index (Phi) is 5.58. The minimum absolute atomic E-state index is 0.0446. The number of carbonyl (C=O) groups excluding carboxylic acids is 1. The van der Waals surface area contributed by atoms with Crippen molar-refractivity contribution in [1.29, 1.82) is 0 Å². The second kappa shape index (κ2) is 6.96. The highest BCUT2D eigenvalue weighted by Gasteiger charge is 2.12. The van der Waals surface area contributed by atoms with Crippen molar-refractivity contribution in [2.75, 3.05) is 7.05 Å². The molecule has 1 amide bonds. The van der Waals surface area contributed by atoms with Crippen molar-refractivity contribution < 1.29 is 9.53 Å². The van der Waals surface area contributed by atoms with E-state index >= 15 is 0 Å². The second-order valence-electron chi connectivity index (χ2n) is 4.36. The highest BCUT2D eigenvalue weighted by atomic mass is 16.5. The molecule has 0 saturated heterocycles. The van der Waals surface area contributed by atoms with Gasteiger partial charge < -0.3 is 15.4 Å². The summed E-state index contributed by atoms with van der Waals surface area (Å²) < 4.78 is 5.59. The number of hydrogen-bond donors (Lipinski definition) is 2. The van der Waals surface area contributed by atoms with Gasteiger partial charge in [0.25, 0.3) is 0 Å². The lowest BCUT2D eigenvalue weighted by atomic mass is 10.2. The average Bonchev–Trinajstić information content (AvgIpc) is 2.35. The molecule has 0 aliphatic carbocycles.